The molecule has 32 heavy (non-hydrogen) atoms. The summed E-state index contributed by atoms with van der Waals surface area (Å²) in [6.07, 6.45) is 1.21. The third kappa shape index (κ3) is 3.33. The quantitative estimate of drug-likeness (QED) is 0.607. The molecule has 5 rings (SSSR count). The number of hydrogen-bond acceptors (Lipinski definition) is 4. The monoisotopic (exact) mass is 433 g/mol. The molecule has 2 amide bonds. The van der Waals surface area contributed by atoms with Gasteiger partial charge >= 0.3 is 0 Å². The molecular formula is C25H27N3O4. The van der Waals surface area contributed by atoms with E-state index in [4.69, 9.17) is 9.47 Å². The number of aromatic amines is 1. The van der Waals surface area contributed by atoms with Crippen molar-refractivity contribution in [3.05, 3.63) is 65.4 Å². The molecule has 3 heterocycles. The van der Waals surface area contributed by atoms with Gasteiger partial charge in [-0.15, -0.1) is 0 Å². The summed E-state index contributed by atoms with van der Waals surface area (Å²) in [5.74, 6) is 0.688. The zero-order chi connectivity index (χ0) is 22.2. The van der Waals surface area contributed by atoms with Crippen molar-refractivity contribution >= 4 is 22.7 Å². The van der Waals surface area contributed by atoms with Crippen molar-refractivity contribution in [2.45, 2.75) is 24.9 Å². The first-order valence-electron chi connectivity index (χ1n) is 10.9. The van der Waals surface area contributed by atoms with E-state index in [1.54, 1.807) is 24.0 Å². The van der Waals surface area contributed by atoms with Gasteiger partial charge in [0.1, 0.15) is 11.8 Å². The van der Waals surface area contributed by atoms with Gasteiger partial charge in [-0.2, -0.15) is 0 Å². The van der Waals surface area contributed by atoms with E-state index in [9.17, 15) is 9.59 Å². The molecule has 1 unspecified atom stereocenters. The van der Waals surface area contributed by atoms with E-state index in [-0.39, 0.29) is 24.4 Å². The third-order valence-corrected chi connectivity index (χ3v) is 6.53. The minimum atomic E-state index is -0.526. The van der Waals surface area contributed by atoms with Gasteiger partial charge in [0.05, 0.1) is 19.7 Å². The van der Waals surface area contributed by atoms with Crippen molar-refractivity contribution in [1.29, 1.82) is 0 Å². The SMILES string of the molecule is COCCCN1CC(=O)N2C(c3cccc(OC)c3)c3[nH]c4ccccc4c3C[C@H]2C1=O. The van der Waals surface area contributed by atoms with Crippen LogP contribution in [0, 0.1) is 0 Å². The normalized spacial score (nSPS) is 20.4. The molecule has 0 radical (unpaired) electrons. The topological polar surface area (TPSA) is 74.9 Å². The van der Waals surface area contributed by atoms with Gasteiger partial charge in [-0.05, 0) is 35.7 Å². The van der Waals surface area contributed by atoms with Crippen LogP contribution in [-0.2, 0) is 20.7 Å². The number of piperazine rings is 1. The first-order chi connectivity index (χ1) is 15.6. The maximum absolute atomic E-state index is 13.5. The molecule has 2 aliphatic heterocycles. The lowest BCUT2D eigenvalue weighted by Gasteiger charge is -2.47. The number of carbonyl (C=O) groups excluding carboxylic acids is 2. The molecule has 1 fully saturated rings. The van der Waals surface area contributed by atoms with Crippen LogP contribution in [0.2, 0.25) is 0 Å². The van der Waals surface area contributed by atoms with Crippen LogP contribution in [0.5, 0.6) is 5.75 Å². The molecule has 1 saturated heterocycles. The molecule has 1 aromatic heterocycles. The predicted octanol–water partition coefficient (Wildman–Crippen LogP) is 2.90. The Morgan fingerprint density at radius 2 is 1.94 bits per heavy atom. The number of carbonyl (C=O) groups is 2. The van der Waals surface area contributed by atoms with Gasteiger partial charge in [-0.25, -0.2) is 0 Å². The summed E-state index contributed by atoms with van der Waals surface area (Å²) >= 11 is 0. The third-order valence-electron chi connectivity index (χ3n) is 6.53. The molecule has 0 bridgehead atoms. The molecule has 0 spiro atoms. The summed E-state index contributed by atoms with van der Waals surface area (Å²) < 4.78 is 10.6. The number of para-hydroxylation sites is 1. The van der Waals surface area contributed by atoms with Gasteiger partial charge in [0.15, 0.2) is 0 Å². The van der Waals surface area contributed by atoms with Crippen LogP contribution in [0.4, 0.5) is 0 Å². The molecule has 7 nitrogen and oxygen atoms in total. The van der Waals surface area contributed by atoms with Gasteiger partial charge in [-0.1, -0.05) is 30.3 Å². The fourth-order valence-electron chi connectivity index (χ4n) is 5.07. The average molecular weight is 434 g/mol. The number of fused-ring (bicyclic) bond motifs is 4. The highest BCUT2D eigenvalue weighted by molar-refractivity contribution is 5.97. The van der Waals surface area contributed by atoms with E-state index in [1.165, 1.54) is 0 Å². The van der Waals surface area contributed by atoms with Crippen LogP contribution in [0.3, 0.4) is 0 Å². The Hall–Kier alpha value is -3.32. The lowest BCUT2D eigenvalue weighted by molar-refractivity contribution is -0.158. The second-order valence-corrected chi connectivity index (χ2v) is 8.37. The summed E-state index contributed by atoms with van der Waals surface area (Å²) in [5.41, 5.74) is 4.03. The van der Waals surface area contributed by atoms with Gasteiger partial charge in [-0.3, -0.25) is 9.59 Å². The smallest absolute Gasteiger partial charge is 0.246 e. The maximum atomic E-state index is 13.5. The minimum absolute atomic E-state index is 0.00419. The molecule has 166 valence electrons. The first kappa shape index (κ1) is 20.6. The number of methoxy groups -OCH3 is 2. The van der Waals surface area contributed by atoms with Gasteiger partial charge in [0, 0.05) is 43.3 Å². The number of H-pyrrole nitrogens is 1. The van der Waals surface area contributed by atoms with Gasteiger partial charge < -0.3 is 24.3 Å². The van der Waals surface area contributed by atoms with E-state index >= 15 is 0 Å². The second-order valence-electron chi connectivity index (χ2n) is 8.37. The molecule has 2 aromatic carbocycles. The van der Waals surface area contributed by atoms with E-state index < -0.39 is 6.04 Å². The van der Waals surface area contributed by atoms with Crippen molar-refractivity contribution in [2.75, 3.05) is 33.9 Å². The number of rotatable bonds is 6. The number of nitrogens with zero attached hydrogens (tertiary/aromatic N) is 2. The Balaban J connectivity index is 1.62. The lowest BCUT2D eigenvalue weighted by Crippen LogP contribution is -2.63. The molecule has 2 aliphatic rings. The highest BCUT2D eigenvalue weighted by atomic mass is 16.5. The van der Waals surface area contributed by atoms with Crippen LogP contribution in [0.25, 0.3) is 10.9 Å². The van der Waals surface area contributed by atoms with Crippen molar-refractivity contribution < 1.29 is 19.1 Å². The van der Waals surface area contributed by atoms with Crippen LogP contribution in [0.15, 0.2) is 48.5 Å². The van der Waals surface area contributed by atoms with Gasteiger partial charge in [0.25, 0.3) is 0 Å². The number of ether oxygens (including phenoxy) is 2. The fourth-order valence-corrected chi connectivity index (χ4v) is 5.07. The molecule has 3 aromatic rings. The Kier molecular flexibility index (Phi) is 5.35. The Labute approximate surface area is 186 Å². The summed E-state index contributed by atoms with van der Waals surface area (Å²) in [4.78, 5) is 34.0. The molecular weight excluding hydrogens is 406 g/mol. The van der Waals surface area contributed by atoms with Gasteiger partial charge in [0.2, 0.25) is 11.8 Å². The second kappa shape index (κ2) is 8.31. The standard InChI is InChI=1S/C25H27N3O4/c1-31-12-6-11-27-15-22(29)28-21(25(27)30)14-19-18-9-3-4-10-20(18)26-23(19)24(28)16-7-5-8-17(13-16)32-2/h3-5,7-10,13,21,24,26H,6,11-12,14-15H2,1-2H3/t21-,24?/m0/s1. The van der Waals surface area contributed by atoms with Crippen LogP contribution in [0.1, 0.15) is 29.3 Å². The van der Waals surface area contributed by atoms with Crippen LogP contribution in [-0.4, -0.2) is 66.6 Å². The molecule has 0 aliphatic carbocycles. The van der Waals surface area contributed by atoms with Crippen LogP contribution < -0.4 is 4.74 Å². The summed E-state index contributed by atoms with van der Waals surface area (Å²) in [6.45, 7) is 1.17. The highest BCUT2D eigenvalue weighted by Crippen LogP contribution is 2.43. The molecule has 7 heteroatoms. The summed E-state index contributed by atoms with van der Waals surface area (Å²) in [7, 11) is 3.27. The number of amides is 2. The Morgan fingerprint density at radius 3 is 2.75 bits per heavy atom. The zero-order valence-corrected chi connectivity index (χ0v) is 18.3. The molecule has 0 saturated carbocycles. The molecule has 2 atom stereocenters. The lowest BCUT2D eigenvalue weighted by atomic mass is 9.86. The number of nitrogens with one attached hydrogen (secondary N) is 1. The van der Waals surface area contributed by atoms with Crippen molar-refractivity contribution in [2.24, 2.45) is 0 Å². The average Bonchev–Trinajstić information content (AvgIpc) is 3.19. The summed E-state index contributed by atoms with van der Waals surface area (Å²) in [6, 6.07) is 15.0. The number of hydrogen-bond donors (Lipinski definition) is 1. The van der Waals surface area contributed by atoms with E-state index in [0.717, 1.165) is 33.5 Å². The number of aromatic nitrogens is 1. The Morgan fingerprint density at radius 1 is 1.09 bits per heavy atom. The Bertz CT molecular complexity index is 1170. The van der Waals surface area contributed by atoms with E-state index in [2.05, 4.69) is 11.1 Å². The molecule has 1 N–H and O–H groups in total. The van der Waals surface area contributed by atoms with Crippen molar-refractivity contribution in [3.63, 3.8) is 0 Å². The zero-order valence-electron chi connectivity index (χ0n) is 18.3. The number of benzene rings is 2. The maximum Gasteiger partial charge on any atom is 0.246 e. The predicted molar refractivity (Wildman–Crippen MR) is 121 cm³/mol. The largest absolute Gasteiger partial charge is 0.497 e. The van der Waals surface area contributed by atoms with E-state index in [1.807, 2.05) is 42.5 Å². The summed E-state index contributed by atoms with van der Waals surface area (Å²) in [5, 5.41) is 1.10. The van der Waals surface area contributed by atoms with Crippen LogP contribution >= 0.6 is 0 Å². The highest BCUT2D eigenvalue weighted by Gasteiger charge is 2.48. The first-order valence-corrected chi connectivity index (χ1v) is 10.9. The van der Waals surface area contributed by atoms with Crippen molar-refractivity contribution in [3.8, 4) is 5.75 Å². The van der Waals surface area contributed by atoms with E-state index in [0.29, 0.717) is 26.0 Å². The van der Waals surface area contributed by atoms with Crippen molar-refractivity contribution in [1.82, 2.24) is 14.8 Å². The minimum Gasteiger partial charge on any atom is -0.497 e. The fraction of sp³-hybridized carbons (Fsp3) is 0.360.